The monoisotopic (exact) mass is 584 g/mol. The Morgan fingerprint density at radius 2 is 1.90 bits per heavy atom. The molecule has 11 heteroatoms. The van der Waals surface area contributed by atoms with Crippen molar-refractivity contribution in [1.82, 2.24) is 25.3 Å². The molecule has 4 heterocycles. The molecule has 0 amide bonds. The number of nitrogens with one attached hydrogen (secondary N) is 3. The minimum absolute atomic E-state index is 0.0213. The lowest BCUT2D eigenvalue weighted by atomic mass is 9.76. The maximum Gasteiger partial charge on any atom is 0.142 e. The number of anilines is 2. The Bertz CT molecular complexity index is 1100. The van der Waals surface area contributed by atoms with Crippen LogP contribution in [0, 0.1) is 5.92 Å². The summed E-state index contributed by atoms with van der Waals surface area (Å²) in [6.07, 6.45) is 6.15. The number of likely N-dealkylation sites (N-methyl/N-ethyl adjacent to an activating group) is 2. The van der Waals surface area contributed by atoms with Gasteiger partial charge in [0.1, 0.15) is 24.5 Å². The van der Waals surface area contributed by atoms with Gasteiger partial charge in [-0.25, -0.2) is 4.90 Å². The molecule has 3 saturated heterocycles. The third-order valence-corrected chi connectivity index (χ3v) is 11.5. The summed E-state index contributed by atoms with van der Waals surface area (Å²) in [6.45, 7) is 4.87. The van der Waals surface area contributed by atoms with Gasteiger partial charge in [-0.2, -0.15) is 0 Å². The van der Waals surface area contributed by atoms with Crippen molar-refractivity contribution < 1.29 is 14.9 Å². The number of rotatable bonds is 9. The molecule has 0 bridgehead atoms. The summed E-state index contributed by atoms with van der Waals surface area (Å²) in [6, 6.07) is 7.56. The summed E-state index contributed by atoms with van der Waals surface area (Å²) in [4.78, 5) is 9.22. The zero-order valence-electron chi connectivity index (χ0n) is 25.5. The van der Waals surface area contributed by atoms with Crippen LogP contribution in [0.1, 0.15) is 63.4 Å². The normalized spacial score (nSPS) is 40.6. The zero-order chi connectivity index (χ0) is 29.1. The molecule has 11 nitrogen and oxygen atoms in total. The minimum Gasteiger partial charge on any atom is -0.387 e. The molecule has 2 aliphatic carbocycles. The van der Waals surface area contributed by atoms with Gasteiger partial charge in [0.25, 0.3) is 0 Å². The smallest absolute Gasteiger partial charge is 0.142 e. The molecule has 4 unspecified atom stereocenters. The number of ether oxygens (including phenoxy) is 1. The topological polar surface area (TPSA) is 125 Å². The molecule has 7 rings (SSSR count). The molecule has 234 valence electrons. The van der Waals surface area contributed by atoms with E-state index in [1.807, 2.05) is 0 Å². The maximum atomic E-state index is 11.0. The fourth-order valence-corrected chi connectivity index (χ4v) is 8.29. The number of nitrogens with zero attached hydrogens (tertiary/aromatic N) is 4. The molecule has 0 spiro atoms. The second-order valence-electron chi connectivity index (χ2n) is 13.8. The first-order valence-corrected chi connectivity index (χ1v) is 16.4. The quantitative estimate of drug-likeness (QED) is 0.247. The second-order valence-corrected chi connectivity index (χ2v) is 13.8. The Morgan fingerprint density at radius 1 is 1.10 bits per heavy atom. The second kappa shape index (κ2) is 11.8. The molecule has 2 saturated carbocycles. The van der Waals surface area contributed by atoms with Gasteiger partial charge in [-0.3, -0.25) is 15.5 Å². The van der Waals surface area contributed by atoms with Crippen molar-refractivity contribution in [3.8, 4) is 0 Å². The van der Waals surface area contributed by atoms with Gasteiger partial charge in [-0.1, -0.05) is 19.4 Å². The first kappa shape index (κ1) is 29.2. The van der Waals surface area contributed by atoms with E-state index in [9.17, 15) is 10.2 Å². The summed E-state index contributed by atoms with van der Waals surface area (Å²) in [7, 11) is 4.37. The van der Waals surface area contributed by atoms with Gasteiger partial charge < -0.3 is 35.8 Å². The number of hydrogen-bond acceptors (Lipinski definition) is 11. The highest BCUT2D eigenvalue weighted by Gasteiger charge is 2.53. The summed E-state index contributed by atoms with van der Waals surface area (Å²) in [5, 5.41) is 32.6. The predicted molar refractivity (Wildman–Crippen MR) is 164 cm³/mol. The van der Waals surface area contributed by atoms with Crippen LogP contribution in [-0.4, -0.2) is 121 Å². The Balaban J connectivity index is 0.877. The van der Waals surface area contributed by atoms with Crippen LogP contribution in [0.15, 0.2) is 18.2 Å². The average molecular weight is 585 g/mol. The van der Waals surface area contributed by atoms with E-state index in [1.165, 1.54) is 55.5 Å². The van der Waals surface area contributed by atoms with Crippen molar-refractivity contribution in [2.45, 2.75) is 113 Å². The van der Waals surface area contributed by atoms with Gasteiger partial charge in [0.05, 0.1) is 49.3 Å². The molecule has 4 aliphatic heterocycles. The van der Waals surface area contributed by atoms with Crippen LogP contribution in [0.4, 0.5) is 11.4 Å². The molecule has 6 aliphatic rings. The van der Waals surface area contributed by atoms with Crippen LogP contribution in [-0.2, 0) is 4.74 Å². The number of benzene rings is 1. The van der Waals surface area contributed by atoms with E-state index in [4.69, 9.17) is 10.5 Å². The fraction of sp³-hybridized carbons (Fsp3) is 0.806. The largest absolute Gasteiger partial charge is 0.387 e. The van der Waals surface area contributed by atoms with Crippen LogP contribution in [0.2, 0.25) is 0 Å². The van der Waals surface area contributed by atoms with Gasteiger partial charge >= 0.3 is 0 Å². The third kappa shape index (κ3) is 5.14. The lowest BCUT2D eigenvalue weighted by Gasteiger charge is -2.45. The SMILES string of the molecule is CCN1CNC(N)C2NCN([C@@H]3O[C@H](CN(C)C4CC(CCC5Nc6ccc(C7CCC7)cc6N5C)C4)[C@@H](O)[C@H]3O)C21. The fourth-order valence-electron chi connectivity index (χ4n) is 8.29. The molecule has 1 aromatic rings. The Kier molecular flexibility index (Phi) is 8.17. The number of aliphatic hydroxyl groups excluding tert-OH is 2. The highest BCUT2D eigenvalue weighted by atomic mass is 16.6. The molecule has 42 heavy (non-hydrogen) atoms. The number of hydrogen-bond donors (Lipinski definition) is 6. The van der Waals surface area contributed by atoms with Crippen molar-refractivity contribution in [3.05, 3.63) is 23.8 Å². The molecule has 0 aromatic heterocycles. The molecular weight excluding hydrogens is 532 g/mol. The molecule has 8 atom stereocenters. The van der Waals surface area contributed by atoms with Gasteiger partial charge in [0, 0.05) is 19.6 Å². The van der Waals surface area contributed by atoms with Gasteiger partial charge in [0.15, 0.2) is 0 Å². The standard InChI is InChI=1S/C31H52N8O3/c1-4-38-16-34-29(32)26-30(38)39(17-33-26)31-28(41)27(40)24(42-31)15-36(2)21-12-18(13-21)8-11-25-35-22-10-9-20(19-6-5-7-19)14-23(22)37(25)3/h9-10,14,18-19,21,24-31,33-35,40-41H,4-8,11-13,15-17,32H2,1-3H3/t18?,21?,24-,25?,26?,27-,28-,29?,30?,31-/m1/s1. The maximum absolute atomic E-state index is 11.0. The average Bonchev–Trinajstić information content (AvgIpc) is 3.58. The summed E-state index contributed by atoms with van der Waals surface area (Å²) in [5.74, 6) is 1.49. The third-order valence-electron chi connectivity index (χ3n) is 11.5. The first-order valence-electron chi connectivity index (χ1n) is 16.4. The predicted octanol–water partition coefficient (Wildman–Crippen LogP) is 0.804. The summed E-state index contributed by atoms with van der Waals surface area (Å²) < 4.78 is 6.40. The summed E-state index contributed by atoms with van der Waals surface area (Å²) in [5.41, 5.74) is 10.5. The van der Waals surface area contributed by atoms with E-state index in [1.54, 1.807) is 0 Å². The Labute approximate surface area is 250 Å². The van der Waals surface area contributed by atoms with Crippen molar-refractivity contribution >= 4 is 11.4 Å². The van der Waals surface area contributed by atoms with Crippen molar-refractivity contribution in [2.24, 2.45) is 11.7 Å². The van der Waals surface area contributed by atoms with Crippen LogP contribution in [0.3, 0.4) is 0 Å². The molecule has 7 N–H and O–H groups in total. The highest BCUT2D eigenvalue weighted by Crippen LogP contribution is 2.43. The van der Waals surface area contributed by atoms with E-state index in [0.717, 1.165) is 24.8 Å². The van der Waals surface area contributed by atoms with Crippen molar-refractivity contribution in [3.63, 3.8) is 0 Å². The first-order chi connectivity index (χ1) is 20.3. The van der Waals surface area contributed by atoms with E-state index in [-0.39, 0.29) is 18.4 Å². The van der Waals surface area contributed by atoms with Crippen molar-refractivity contribution in [1.29, 1.82) is 0 Å². The van der Waals surface area contributed by atoms with Crippen LogP contribution in [0.25, 0.3) is 0 Å². The van der Waals surface area contributed by atoms with E-state index >= 15 is 0 Å². The zero-order valence-corrected chi connectivity index (χ0v) is 25.5. The van der Waals surface area contributed by atoms with Crippen LogP contribution >= 0.6 is 0 Å². The van der Waals surface area contributed by atoms with Crippen LogP contribution < -0.4 is 26.6 Å². The molecular formula is C31H52N8O3. The lowest BCUT2D eigenvalue weighted by molar-refractivity contribution is -0.131. The lowest BCUT2D eigenvalue weighted by Crippen LogP contribution is -2.69. The number of aliphatic hydroxyl groups is 2. The molecule has 1 aromatic carbocycles. The molecule has 5 fully saturated rings. The Morgan fingerprint density at radius 3 is 2.64 bits per heavy atom. The summed E-state index contributed by atoms with van der Waals surface area (Å²) >= 11 is 0. The van der Waals surface area contributed by atoms with Crippen molar-refractivity contribution in [2.75, 3.05) is 50.7 Å². The van der Waals surface area contributed by atoms with Gasteiger partial charge in [-0.05, 0) is 81.6 Å². The number of fused-ring (bicyclic) bond motifs is 2. The van der Waals surface area contributed by atoms with E-state index in [2.05, 4.69) is 74.8 Å². The van der Waals surface area contributed by atoms with E-state index in [0.29, 0.717) is 32.1 Å². The van der Waals surface area contributed by atoms with E-state index < -0.39 is 24.5 Å². The highest BCUT2D eigenvalue weighted by molar-refractivity contribution is 5.76. The van der Waals surface area contributed by atoms with Gasteiger partial charge in [0.2, 0.25) is 0 Å². The van der Waals surface area contributed by atoms with Crippen LogP contribution in [0.5, 0.6) is 0 Å². The van der Waals surface area contributed by atoms with Gasteiger partial charge in [-0.15, -0.1) is 0 Å². The minimum atomic E-state index is -0.951. The molecule has 0 radical (unpaired) electrons. The Hall–Kier alpha value is -1.54. The number of nitrogens with two attached hydrogens (primary N) is 1.